The number of rotatable bonds is 4. The van der Waals surface area contributed by atoms with Crippen molar-refractivity contribution in [2.24, 2.45) is 0 Å². The third-order valence-corrected chi connectivity index (χ3v) is 5.92. The Hall–Kier alpha value is -1.15. The summed E-state index contributed by atoms with van der Waals surface area (Å²) in [5.41, 5.74) is 1.88. The van der Waals surface area contributed by atoms with Crippen molar-refractivity contribution < 1.29 is 4.79 Å². The van der Waals surface area contributed by atoms with Crippen LogP contribution in [0.5, 0.6) is 0 Å². The third kappa shape index (κ3) is 4.08. The smallest absolute Gasteiger partial charge is 0.267 e. The number of halogens is 2. The number of hydrogen-bond donors (Lipinski definition) is 1. The zero-order valence-corrected chi connectivity index (χ0v) is 17.1. The maximum atomic E-state index is 12.6. The summed E-state index contributed by atoms with van der Waals surface area (Å²) in [6.45, 7) is 0.342. The molecule has 0 bridgehead atoms. The van der Waals surface area contributed by atoms with Crippen LogP contribution in [0, 0.1) is 0 Å². The largest absolute Gasteiger partial charge is 0.367 e. The summed E-state index contributed by atoms with van der Waals surface area (Å²) in [7, 11) is 0. The summed E-state index contributed by atoms with van der Waals surface area (Å²) >= 11 is 13.6. The lowest BCUT2D eigenvalue weighted by atomic mass is 10.2. The second-order valence-electron chi connectivity index (χ2n) is 4.98. The van der Waals surface area contributed by atoms with E-state index in [9.17, 15) is 4.79 Å². The zero-order chi connectivity index (χ0) is 17.1. The van der Waals surface area contributed by atoms with E-state index in [1.165, 1.54) is 11.8 Å². The average molecular weight is 484 g/mol. The van der Waals surface area contributed by atoms with E-state index in [2.05, 4.69) is 37.2 Å². The number of thioether (sulfide) groups is 1. The van der Waals surface area contributed by atoms with Crippen molar-refractivity contribution in [2.75, 3.05) is 12.0 Å². The highest BCUT2D eigenvalue weighted by Crippen LogP contribution is 2.33. The van der Waals surface area contributed by atoms with Crippen LogP contribution in [0.1, 0.15) is 5.56 Å². The van der Waals surface area contributed by atoms with E-state index in [1.807, 2.05) is 54.6 Å². The summed E-state index contributed by atoms with van der Waals surface area (Å²) in [6.07, 6.45) is 1.86. The number of anilines is 1. The number of nitrogens with one attached hydrogen (secondary N) is 1. The lowest BCUT2D eigenvalue weighted by Crippen LogP contribution is -2.33. The van der Waals surface area contributed by atoms with Gasteiger partial charge in [0.1, 0.15) is 4.32 Å². The second-order valence-corrected chi connectivity index (χ2v) is 8.42. The number of carbonyl (C=O) groups excluding carboxylic acids is 1. The quantitative estimate of drug-likeness (QED) is 0.460. The first kappa shape index (κ1) is 17.7. The molecule has 3 rings (SSSR count). The summed E-state index contributed by atoms with van der Waals surface area (Å²) < 4.78 is 2.48. The van der Waals surface area contributed by atoms with Crippen LogP contribution >= 0.6 is 55.8 Å². The monoisotopic (exact) mass is 482 g/mol. The van der Waals surface area contributed by atoms with Crippen molar-refractivity contribution in [3.8, 4) is 0 Å². The Kier molecular flexibility index (Phi) is 5.76. The van der Waals surface area contributed by atoms with Gasteiger partial charge in [0, 0.05) is 14.6 Å². The molecule has 122 valence electrons. The van der Waals surface area contributed by atoms with Crippen LogP contribution in [-0.4, -0.2) is 21.8 Å². The van der Waals surface area contributed by atoms with Crippen LogP contribution in [0.25, 0.3) is 6.08 Å². The van der Waals surface area contributed by atoms with Crippen molar-refractivity contribution in [3.63, 3.8) is 0 Å². The topological polar surface area (TPSA) is 32.3 Å². The molecule has 1 N–H and O–H groups in total. The summed E-state index contributed by atoms with van der Waals surface area (Å²) in [6, 6.07) is 15.6. The van der Waals surface area contributed by atoms with Crippen molar-refractivity contribution >= 4 is 77.8 Å². The Morgan fingerprint density at radius 1 is 1.17 bits per heavy atom. The van der Waals surface area contributed by atoms with E-state index in [0.717, 1.165) is 20.2 Å². The number of amides is 1. The fourth-order valence-electron chi connectivity index (χ4n) is 2.14. The molecule has 3 nitrogen and oxygen atoms in total. The molecule has 0 spiro atoms. The summed E-state index contributed by atoms with van der Waals surface area (Å²) in [4.78, 5) is 14.8. The minimum absolute atomic E-state index is 0.0803. The van der Waals surface area contributed by atoms with E-state index >= 15 is 0 Å². The van der Waals surface area contributed by atoms with Gasteiger partial charge in [0.05, 0.1) is 11.6 Å². The molecule has 1 aliphatic heterocycles. The van der Waals surface area contributed by atoms with Crippen LogP contribution in [0.2, 0.25) is 0 Å². The van der Waals surface area contributed by atoms with Gasteiger partial charge >= 0.3 is 0 Å². The van der Waals surface area contributed by atoms with Gasteiger partial charge in [0.2, 0.25) is 0 Å². The summed E-state index contributed by atoms with van der Waals surface area (Å²) in [5, 5.41) is 3.22. The molecule has 0 radical (unpaired) electrons. The number of benzene rings is 2. The molecule has 1 heterocycles. The van der Waals surface area contributed by atoms with Crippen LogP contribution < -0.4 is 5.32 Å². The van der Waals surface area contributed by atoms with Gasteiger partial charge in [-0.15, -0.1) is 0 Å². The fourth-order valence-corrected chi connectivity index (χ4v) is 4.18. The standard InChI is InChI=1S/C17H12Br2N2OS2/c18-12-5-3-6-13(9-12)20-10-21-16(22)15(24-17(21)23)8-11-4-1-2-7-14(11)19/h1-9,20H,10H2/b15-8+. The Bertz CT molecular complexity index is 839. The average Bonchev–Trinajstić information content (AvgIpc) is 2.82. The molecule has 0 saturated carbocycles. The molecule has 1 aliphatic rings. The normalized spacial score (nSPS) is 16.1. The molecule has 1 fully saturated rings. The van der Waals surface area contributed by atoms with Gasteiger partial charge in [0.15, 0.2) is 0 Å². The van der Waals surface area contributed by atoms with Gasteiger partial charge in [-0.1, -0.05) is 80.1 Å². The van der Waals surface area contributed by atoms with Crippen molar-refractivity contribution in [1.82, 2.24) is 4.90 Å². The Morgan fingerprint density at radius 3 is 2.71 bits per heavy atom. The highest BCUT2D eigenvalue weighted by atomic mass is 79.9. The molecule has 2 aromatic carbocycles. The van der Waals surface area contributed by atoms with Gasteiger partial charge in [-0.2, -0.15) is 0 Å². The van der Waals surface area contributed by atoms with Gasteiger partial charge in [-0.05, 0) is 35.9 Å². The molecule has 24 heavy (non-hydrogen) atoms. The Morgan fingerprint density at radius 2 is 1.96 bits per heavy atom. The van der Waals surface area contributed by atoms with Crippen molar-refractivity contribution in [1.29, 1.82) is 0 Å². The van der Waals surface area contributed by atoms with Crippen LogP contribution in [0.4, 0.5) is 5.69 Å². The fraction of sp³-hybridized carbons (Fsp3) is 0.0588. The van der Waals surface area contributed by atoms with E-state index in [0.29, 0.717) is 15.9 Å². The van der Waals surface area contributed by atoms with Crippen LogP contribution in [-0.2, 0) is 4.79 Å². The molecule has 7 heteroatoms. The molecule has 0 aliphatic carbocycles. The van der Waals surface area contributed by atoms with E-state index in [1.54, 1.807) is 4.90 Å². The van der Waals surface area contributed by atoms with E-state index < -0.39 is 0 Å². The zero-order valence-electron chi connectivity index (χ0n) is 12.3. The first-order chi connectivity index (χ1) is 11.5. The van der Waals surface area contributed by atoms with Gasteiger partial charge in [0.25, 0.3) is 5.91 Å². The molecule has 2 aromatic rings. The molecule has 1 saturated heterocycles. The van der Waals surface area contributed by atoms with Crippen molar-refractivity contribution in [2.45, 2.75) is 0 Å². The third-order valence-electron chi connectivity index (χ3n) is 3.33. The number of thiocarbonyl (C=S) groups is 1. The van der Waals surface area contributed by atoms with Gasteiger partial charge in [-0.3, -0.25) is 9.69 Å². The summed E-state index contributed by atoms with van der Waals surface area (Å²) in [5.74, 6) is -0.0803. The highest BCUT2D eigenvalue weighted by Gasteiger charge is 2.31. The Labute approximate surface area is 166 Å². The van der Waals surface area contributed by atoms with Crippen molar-refractivity contribution in [3.05, 3.63) is 67.9 Å². The van der Waals surface area contributed by atoms with Crippen LogP contribution in [0.15, 0.2) is 62.4 Å². The molecule has 1 amide bonds. The second kappa shape index (κ2) is 7.82. The van der Waals surface area contributed by atoms with Gasteiger partial charge < -0.3 is 5.32 Å². The lowest BCUT2D eigenvalue weighted by Gasteiger charge is -2.16. The number of hydrogen-bond acceptors (Lipinski definition) is 4. The Balaban J connectivity index is 1.73. The predicted molar refractivity (Wildman–Crippen MR) is 112 cm³/mol. The molecular weight excluding hydrogens is 472 g/mol. The molecule has 0 unspecified atom stereocenters. The lowest BCUT2D eigenvalue weighted by molar-refractivity contribution is -0.121. The van der Waals surface area contributed by atoms with E-state index in [4.69, 9.17) is 12.2 Å². The SMILES string of the molecule is O=C1/C(=C\c2ccccc2Br)SC(=S)N1CNc1cccc(Br)c1. The first-order valence-electron chi connectivity index (χ1n) is 7.04. The van der Waals surface area contributed by atoms with Crippen LogP contribution in [0.3, 0.4) is 0 Å². The first-order valence-corrected chi connectivity index (χ1v) is 9.85. The maximum Gasteiger partial charge on any atom is 0.267 e. The molecule has 0 atom stereocenters. The highest BCUT2D eigenvalue weighted by molar-refractivity contribution is 9.10. The predicted octanol–water partition coefficient (Wildman–Crippen LogP) is 5.48. The molecule has 0 aromatic heterocycles. The van der Waals surface area contributed by atoms with E-state index in [-0.39, 0.29) is 5.91 Å². The molecular formula is C17H12Br2N2OS2. The maximum absolute atomic E-state index is 12.6. The minimum Gasteiger partial charge on any atom is -0.367 e. The minimum atomic E-state index is -0.0803. The number of carbonyl (C=O) groups is 1. The number of nitrogens with zero attached hydrogens (tertiary/aromatic N) is 1. The van der Waals surface area contributed by atoms with Gasteiger partial charge in [-0.25, -0.2) is 0 Å².